The fraction of sp³-hybridized carbons (Fsp3) is 0.471. The average molecular weight is 357 g/mol. The third-order valence-corrected chi connectivity index (χ3v) is 5.86. The standard InChI is InChI=1S/C17H21FN2OS.ClH/c1-10-5-6-20(13(7-10)9-19)17(21)16-11(2)14-8-12(18)3-4-15(14)22-16;/h3-4,8,10,13H,5-7,9,19H2,1-2H3;1H. The number of hydrogen-bond acceptors (Lipinski definition) is 3. The minimum Gasteiger partial charge on any atom is -0.334 e. The summed E-state index contributed by atoms with van der Waals surface area (Å²) in [5.41, 5.74) is 6.74. The first-order valence-corrected chi connectivity index (χ1v) is 8.52. The number of hydrogen-bond donors (Lipinski definition) is 1. The molecule has 1 saturated heterocycles. The molecule has 126 valence electrons. The number of fused-ring (bicyclic) bond motifs is 1. The highest BCUT2D eigenvalue weighted by molar-refractivity contribution is 7.21. The normalized spacial score (nSPS) is 21.3. The van der Waals surface area contributed by atoms with Gasteiger partial charge in [-0.1, -0.05) is 6.92 Å². The predicted molar refractivity (Wildman–Crippen MR) is 96.0 cm³/mol. The van der Waals surface area contributed by atoms with Crippen LogP contribution < -0.4 is 5.73 Å². The monoisotopic (exact) mass is 356 g/mol. The van der Waals surface area contributed by atoms with Gasteiger partial charge in [-0.05, 0) is 54.8 Å². The molecule has 1 amide bonds. The van der Waals surface area contributed by atoms with Crippen molar-refractivity contribution < 1.29 is 9.18 Å². The molecule has 1 aliphatic rings. The quantitative estimate of drug-likeness (QED) is 0.884. The number of aryl methyl sites for hydroxylation is 1. The van der Waals surface area contributed by atoms with Crippen LogP contribution in [0.2, 0.25) is 0 Å². The maximum Gasteiger partial charge on any atom is 0.264 e. The Morgan fingerprint density at radius 2 is 2.22 bits per heavy atom. The molecule has 1 aromatic carbocycles. The highest BCUT2D eigenvalue weighted by atomic mass is 35.5. The molecular formula is C17H22ClFN2OS. The van der Waals surface area contributed by atoms with Crippen LogP contribution in [0.4, 0.5) is 4.39 Å². The molecule has 23 heavy (non-hydrogen) atoms. The first-order chi connectivity index (χ1) is 10.5. The molecule has 3 nitrogen and oxygen atoms in total. The summed E-state index contributed by atoms with van der Waals surface area (Å²) in [6, 6.07) is 4.81. The topological polar surface area (TPSA) is 46.3 Å². The van der Waals surface area contributed by atoms with Crippen molar-refractivity contribution in [3.8, 4) is 0 Å². The zero-order valence-corrected chi connectivity index (χ0v) is 15.0. The first-order valence-electron chi connectivity index (χ1n) is 7.71. The van der Waals surface area contributed by atoms with E-state index in [1.54, 1.807) is 6.07 Å². The van der Waals surface area contributed by atoms with Gasteiger partial charge in [-0.2, -0.15) is 0 Å². The molecule has 1 aliphatic heterocycles. The van der Waals surface area contributed by atoms with E-state index in [0.29, 0.717) is 17.3 Å². The summed E-state index contributed by atoms with van der Waals surface area (Å²) in [6.07, 6.45) is 1.97. The van der Waals surface area contributed by atoms with E-state index < -0.39 is 0 Å². The number of nitrogens with two attached hydrogens (primary N) is 1. The molecule has 2 N–H and O–H groups in total. The van der Waals surface area contributed by atoms with Crippen LogP contribution in [0.25, 0.3) is 10.1 Å². The molecule has 6 heteroatoms. The van der Waals surface area contributed by atoms with Crippen molar-refractivity contribution in [1.29, 1.82) is 0 Å². The van der Waals surface area contributed by atoms with Gasteiger partial charge in [0.2, 0.25) is 0 Å². The Morgan fingerprint density at radius 3 is 2.91 bits per heavy atom. The van der Waals surface area contributed by atoms with Crippen molar-refractivity contribution in [2.45, 2.75) is 32.7 Å². The van der Waals surface area contributed by atoms with Gasteiger partial charge in [-0.15, -0.1) is 23.7 Å². The van der Waals surface area contributed by atoms with Crippen molar-refractivity contribution in [2.24, 2.45) is 11.7 Å². The second-order valence-corrected chi connectivity index (χ2v) is 7.27. The molecular weight excluding hydrogens is 335 g/mol. The Hall–Kier alpha value is -1.17. The van der Waals surface area contributed by atoms with Crippen molar-refractivity contribution in [1.82, 2.24) is 4.90 Å². The summed E-state index contributed by atoms with van der Waals surface area (Å²) < 4.78 is 14.4. The SMILES string of the molecule is Cc1c(C(=O)N2CCC(C)CC2CN)sc2ccc(F)cc12.Cl. The van der Waals surface area contributed by atoms with E-state index in [-0.39, 0.29) is 30.2 Å². The third-order valence-electron chi connectivity index (χ3n) is 4.60. The van der Waals surface area contributed by atoms with Gasteiger partial charge in [0.05, 0.1) is 4.88 Å². The molecule has 3 rings (SSSR count). The highest BCUT2D eigenvalue weighted by Crippen LogP contribution is 2.33. The molecule has 0 spiro atoms. The number of halogens is 2. The average Bonchev–Trinajstić information content (AvgIpc) is 2.83. The maximum absolute atomic E-state index is 13.4. The summed E-state index contributed by atoms with van der Waals surface area (Å²) in [4.78, 5) is 15.6. The summed E-state index contributed by atoms with van der Waals surface area (Å²) in [6.45, 7) is 5.35. The lowest BCUT2D eigenvalue weighted by molar-refractivity contribution is 0.0578. The zero-order chi connectivity index (χ0) is 15.9. The molecule has 1 aromatic heterocycles. The Kier molecular flexibility index (Phi) is 5.65. The fourth-order valence-electron chi connectivity index (χ4n) is 3.27. The third kappa shape index (κ3) is 3.37. The van der Waals surface area contributed by atoms with Gasteiger partial charge in [0, 0.05) is 23.8 Å². The molecule has 0 aliphatic carbocycles. The van der Waals surface area contributed by atoms with Crippen LogP contribution in [-0.4, -0.2) is 29.9 Å². The van der Waals surface area contributed by atoms with E-state index in [0.717, 1.165) is 35.0 Å². The van der Waals surface area contributed by atoms with Gasteiger partial charge >= 0.3 is 0 Å². The summed E-state index contributed by atoms with van der Waals surface area (Å²) in [5.74, 6) is 0.385. The Labute approximate surface area is 146 Å². The molecule has 2 heterocycles. The van der Waals surface area contributed by atoms with Crippen LogP contribution in [0.5, 0.6) is 0 Å². The maximum atomic E-state index is 13.4. The molecule has 0 saturated carbocycles. The number of carbonyl (C=O) groups is 1. The van der Waals surface area contributed by atoms with Crippen LogP contribution in [0.15, 0.2) is 18.2 Å². The van der Waals surface area contributed by atoms with Crippen molar-refractivity contribution in [3.63, 3.8) is 0 Å². The van der Waals surface area contributed by atoms with Gasteiger partial charge in [0.1, 0.15) is 5.82 Å². The van der Waals surface area contributed by atoms with Gasteiger partial charge in [0.15, 0.2) is 0 Å². The molecule has 2 unspecified atom stereocenters. The van der Waals surface area contributed by atoms with Gasteiger partial charge in [-0.3, -0.25) is 4.79 Å². The number of rotatable bonds is 2. The lowest BCUT2D eigenvalue weighted by Gasteiger charge is -2.37. The summed E-state index contributed by atoms with van der Waals surface area (Å²) in [7, 11) is 0. The Balaban J connectivity index is 0.00000192. The zero-order valence-electron chi connectivity index (χ0n) is 13.3. The van der Waals surface area contributed by atoms with Crippen LogP contribution in [0.1, 0.15) is 35.0 Å². The van der Waals surface area contributed by atoms with E-state index in [2.05, 4.69) is 6.92 Å². The van der Waals surface area contributed by atoms with Gasteiger partial charge in [-0.25, -0.2) is 4.39 Å². The van der Waals surface area contributed by atoms with E-state index in [1.807, 2.05) is 11.8 Å². The van der Waals surface area contributed by atoms with E-state index >= 15 is 0 Å². The van der Waals surface area contributed by atoms with Gasteiger partial charge < -0.3 is 10.6 Å². The first kappa shape index (κ1) is 18.2. The number of nitrogens with zero attached hydrogens (tertiary/aromatic N) is 1. The molecule has 1 fully saturated rings. The Bertz CT molecular complexity index is 718. The predicted octanol–water partition coefficient (Wildman–Crippen LogP) is 3.97. The van der Waals surface area contributed by atoms with Crippen LogP contribution in [0, 0.1) is 18.7 Å². The van der Waals surface area contributed by atoms with Crippen molar-refractivity contribution in [3.05, 3.63) is 34.5 Å². The minimum atomic E-state index is -0.265. The second-order valence-electron chi connectivity index (χ2n) is 6.21. The number of amides is 1. The van der Waals surface area contributed by atoms with E-state index in [4.69, 9.17) is 5.73 Å². The summed E-state index contributed by atoms with van der Waals surface area (Å²) in [5, 5.41) is 0.836. The number of thiophene rings is 1. The van der Waals surface area contributed by atoms with Crippen molar-refractivity contribution >= 4 is 39.7 Å². The van der Waals surface area contributed by atoms with Crippen LogP contribution in [0.3, 0.4) is 0 Å². The van der Waals surface area contributed by atoms with E-state index in [1.165, 1.54) is 23.5 Å². The number of carbonyl (C=O) groups excluding carboxylic acids is 1. The largest absolute Gasteiger partial charge is 0.334 e. The Morgan fingerprint density at radius 1 is 1.48 bits per heavy atom. The lowest BCUT2D eigenvalue weighted by atomic mass is 9.92. The van der Waals surface area contributed by atoms with Crippen LogP contribution in [-0.2, 0) is 0 Å². The number of piperidine rings is 1. The van der Waals surface area contributed by atoms with Crippen LogP contribution >= 0.6 is 23.7 Å². The smallest absolute Gasteiger partial charge is 0.264 e. The van der Waals surface area contributed by atoms with E-state index in [9.17, 15) is 9.18 Å². The summed E-state index contributed by atoms with van der Waals surface area (Å²) >= 11 is 1.45. The molecule has 0 radical (unpaired) electrons. The molecule has 2 aromatic rings. The second kappa shape index (κ2) is 7.16. The fourth-order valence-corrected chi connectivity index (χ4v) is 4.42. The van der Waals surface area contributed by atoms with Gasteiger partial charge in [0.25, 0.3) is 5.91 Å². The highest BCUT2D eigenvalue weighted by Gasteiger charge is 2.31. The van der Waals surface area contributed by atoms with Crippen molar-refractivity contribution in [2.75, 3.05) is 13.1 Å². The number of benzene rings is 1. The molecule has 2 atom stereocenters. The number of likely N-dealkylation sites (tertiary alicyclic amines) is 1. The molecule has 0 bridgehead atoms. The lowest BCUT2D eigenvalue weighted by Crippen LogP contribution is -2.49. The minimum absolute atomic E-state index is 0.